The molecule has 0 bridgehead atoms. The van der Waals surface area contributed by atoms with Crippen molar-refractivity contribution in [2.45, 2.75) is 38.7 Å². The fourth-order valence-electron chi connectivity index (χ4n) is 3.43. The summed E-state index contributed by atoms with van der Waals surface area (Å²) in [4.78, 5) is 10.8. The maximum Gasteiger partial charge on any atom is 0.134 e. The molecular weight excluding hydrogens is 367 g/mol. The zero-order valence-corrected chi connectivity index (χ0v) is 17.1. The van der Waals surface area contributed by atoms with E-state index in [9.17, 15) is 9.50 Å². The minimum Gasteiger partial charge on any atom is -0.387 e. The van der Waals surface area contributed by atoms with E-state index < -0.39 is 6.10 Å². The van der Waals surface area contributed by atoms with Gasteiger partial charge in [-0.25, -0.2) is 14.4 Å². The average Bonchev–Trinajstić information content (AvgIpc) is 2.75. The van der Waals surface area contributed by atoms with Crippen LogP contribution in [0.1, 0.15) is 38.2 Å². The van der Waals surface area contributed by atoms with Crippen LogP contribution >= 0.6 is 0 Å². The second-order valence-electron chi connectivity index (χ2n) is 7.00. The van der Waals surface area contributed by atoms with Gasteiger partial charge in [-0.1, -0.05) is 44.2 Å². The molecule has 0 spiro atoms. The standard InChI is InChI=1S/C21H23FN4O.C2H6/c22-18-8-6-15(7-9-18)17-12-26(13-17)21-10-20(24-14-25-21)23-11-19(27)16-4-2-1-3-5-16;1-2/h2,4-10,14,17,19,27H,1,3,11-13H2,(H,23,24,25);1-2H3. The van der Waals surface area contributed by atoms with E-state index in [0.29, 0.717) is 18.3 Å². The van der Waals surface area contributed by atoms with Crippen LogP contribution in [0.15, 0.2) is 60.5 Å². The van der Waals surface area contributed by atoms with Gasteiger partial charge in [-0.15, -0.1) is 0 Å². The Balaban J connectivity index is 0.00000117. The van der Waals surface area contributed by atoms with E-state index in [-0.39, 0.29) is 5.82 Å². The van der Waals surface area contributed by atoms with Gasteiger partial charge in [0.15, 0.2) is 0 Å². The molecule has 1 aromatic carbocycles. The highest BCUT2D eigenvalue weighted by molar-refractivity contribution is 5.52. The first kappa shape index (κ1) is 21.0. The van der Waals surface area contributed by atoms with E-state index in [4.69, 9.17) is 0 Å². The smallest absolute Gasteiger partial charge is 0.134 e. The first-order valence-corrected chi connectivity index (χ1v) is 10.3. The highest BCUT2D eigenvalue weighted by atomic mass is 19.1. The molecule has 0 amide bonds. The molecule has 2 heterocycles. The Morgan fingerprint density at radius 1 is 1.17 bits per heavy atom. The van der Waals surface area contributed by atoms with Gasteiger partial charge in [0, 0.05) is 31.6 Å². The van der Waals surface area contributed by atoms with Gasteiger partial charge in [0.2, 0.25) is 0 Å². The van der Waals surface area contributed by atoms with Crippen molar-refractivity contribution in [1.82, 2.24) is 9.97 Å². The minimum absolute atomic E-state index is 0.205. The van der Waals surface area contributed by atoms with Crippen molar-refractivity contribution < 1.29 is 9.50 Å². The van der Waals surface area contributed by atoms with Crippen LogP contribution in [0.25, 0.3) is 0 Å². The monoisotopic (exact) mass is 396 g/mol. The molecular formula is C23H29FN4O. The van der Waals surface area contributed by atoms with Crippen molar-refractivity contribution in [3.8, 4) is 0 Å². The summed E-state index contributed by atoms with van der Waals surface area (Å²) < 4.78 is 13.0. The molecule has 1 aliphatic heterocycles. The summed E-state index contributed by atoms with van der Waals surface area (Å²) in [5, 5.41) is 13.5. The van der Waals surface area contributed by atoms with Gasteiger partial charge >= 0.3 is 0 Å². The predicted octanol–water partition coefficient (Wildman–Crippen LogP) is 4.29. The number of aliphatic hydroxyl groups excluding tert-OH is 1. The van der Waals surface area contributed by atoms with Crippen LogP contribution < -0.4 is 10.2 Å². The van der Waals surface area contributed by atoms with Crippen LogP contribution in [0.4, 0.5) is 16.0 Å². The molecule has 0 saturated carbocycles. The molecule has 6 heteroatoms. The van der Waals surface area contributed by atoms with Gasteiger partial charge in [0.25, 0.3) is 0 Å². The number of rotatable bonds is 6. The van der Waals surface area contributed by atoms with Crippen molar-refractivity contribution in [2.24, 2.45) is 0 Å². The molecule has 0 radical (unpaired) electrons. The summed E-state index contributed by atoms with van der Waals surface area (Å²) in [6.07, 6.45) is 9.15. The van der Waals surface area contributed by atoms with E-state index in [2.05, 4.69) is 32.3 Å². The number of anilines is 2. The van der Waals surface area contributed by atoms with Crippen molar-refractivity contribution in [3.05, 3.63) is 71.8 Å². The third-order valence-corrected chi connectivity index (χ3v) is 5.08. The summed E-state index contributed by atoms with van der Waals surface area (Å²) >= 11 is 0. The second kappa shape index (κ2) is 10.2. The van der Waals surface area contributed by atoms with Gasteiger partial charge in [-0.05, 0) is 36.1 Å². The first-order valence-electron chi connectivity index (χ1n) is 10.3. The zero-order valence-electron chi connectivity index (χ0n) is 17.1. The van der Waals surface area contributed by atoms with Crippen molar-refractivity contribution in [3.63, 3.8) is 0 Å². The number of halogens is 1. The summed E-state index contributed by atoms with van der Waals surface area (Å²) in [6, 6.07) is 8.61. The summed E-state index contributed by atoms with van der Waals surface area (Å²) in [6.45, 7) is 6.11. The molecule has 1 atom stereocenters. The maximum absolute atomic E-state index is 13.0. The lowest BCUT2D eigenvalue weighted by atomic mass is 9.91. The van der Waals surface area contributed by atoms with E-state index in [1.54, 1.807) is 0 Å². The maximum atomic E-state index is 13.0. The number of nitrogens with zero attached hydrogens (tertiary/aromatic N) is 3. The van der Waals surface area contributed by atoms with Crippen LogP contribution in [0.2, 0.25) is 0 Å². The van der Waals surface area contributed by atoms with E-state index in [1.165, 1.54) is 18.5 Å². The lowest BCUT2D eigenvalue weighted by Gasteiger charge is -2.40. The van der Waals surface area contributed by atoms with Gasteiger partial charge in [-0.2, -0.15) is 0 Å². The van der Waals surface area contributed by atoms with Crippen LogP contribution in [-0.2, 0) is 0 Å². The molecule has 1 aromatic heterocycles. The number of nitrogens with one attached hydrogen (secondary N) is 1. The summed E-state index contributed by atoms with van der Waals surface area (Å²) in [5.74, 6) is 1.74. The number of aliphatic hydroxyl groups is 1. The molecule has 4 rings (SSSR count). The number of benzene rings is 1. The lowest BCUT2D eigenvalue weighted by Crippen LogP contribution is -2.45. The van der Waals surface area contributed by atoms with Gasteiger partial charge in [-0.3, -0.25) is 0 Å². The number of aromatic nitrogens is 2. The number of hydrogen-bond donors (Lipinski definition) is 2. The molecule has 1 saturated heterocycles. The molecule has 1 fully saturated rings. The highest BCUT2D eigenvalue weighted by Crippen LogP contribution is 2.31. The molecule has 2 N–H and O–H groups in total. The Morgan fingerprint density at radius 3 is 2.62 bits per heavy atom. The highest BCUT2D eigenvalue weighted by Gasteiger charge is 2.29. The minimum atomic E-state index is -0.549. The largest absolute Gasteiger partial charge is 0.387 e. The van der Waals surface area contributed by atoms with Crippen molar-refractivity contribution in [1.29, 1.82) is 0 Å². The van der Waals surface area contributed by atoms with Crippen molar-refractivity contribution in [2.75, 3.05) is 29.9 Å². The fourth-order valence-corrected chi connectivity index (χ4v) is 3.43. The third-order valence-electron chi connectivity index (χ3n) is 5.08. The average molecular weight is 397 g/mol. The number of allylic oxidation sites excluding steroid dienone is 2. The Bertz CT molecular complexity index is 844. The quantitative estimate of drug-likeness (QED) is 0.763. The number of hydrogen-bond acceptors (Lipinski definition) is 5. The molecule has 1 aliphatic carbocycles. The molecule has 5 nitrogen and oxygen atoms in total. The Hall–Kier alpha value is -2.73. The lowest BCUT2D eigenvalue weighted by molar-refractivity contribution is 0.227. The van der Waals surface area contributed by atoms with Gasteiger partial charge in [0.1, 0.15) is 23.8 Å². The van der Waals surface area contributed by atoms with Crippen LogP contribution in [-0.4, -0.2) is 40.8 Å². The molecule has 154 valence electrons. The van der Waals surface area contributed by atoms with E-state index in [1.807, 2.05) is 38.1 Å². The zero-order chi connectivity index (χ0) is 20.6. The van der Waals surface area contributed by atoms with Crippen LogP contribution in [0, 0.1) is 5.82 Å². The Kier molecular flexibility index (Phi) is 7.36. The second-order valence-corrected chi connectivity index (χ2v) is 7.00. The fraction of sp³-hybridized carbons (Fsp3) is 0.391. The topological polar surface area (TPSA) is 61.3 Å². The van der Waals surface area contributed by atoms with Crippen LogP contribution in [0.3, 0.4) is 0 Å². The van der Waals surface area contributed by atoms with Crippen molar-refractivity contribution >= 4 is 11.6 Å². The summed E-state index contributed by atoms with van der Waals surface area (Å²) in [7, 11) is 0. The molecule has 2 aliphatic rings. The Labute approximate surface area is 172 Å². The van der Waals surface area contributed by atoms with Crippen LogP contribution in [0.5, 0.6) is 0 Å². The first-order chi connectivity index (χ1) is 14.2. The SMILES string of the molecule is CC.OC(CNc1cc(N2CC(c3ccc(F)cc3)C2)ncn1)C1=CCCC=C1. The summed E-state index contributed by atoms with van der Waals surface area (Å²) in [5.41, 5.74) is 2.10. The van der Waals surface area contributed by atoms with E-state index >= 15 is 0 Å². The molecule has 2 aromatic rings. The third kappa shape index (κ3) is 5.41. The predicted molar refractivity (Wildman–Crippen MR) is 116 cm³/mol. The normalized spacial score (nSPS) is 17.0. The van der Waals surface area contributed by atoms with Gasteiger partial charge < -0.3 is 15.3 Å². The molecule has 29 heavy (non-hydrogen) atoms. The van der Waals surface area contributed by atoms with E-state index in [0.717, 1.165) is 42.9 Å². The Morgan fingerprint density at radius 2 is 1.93 bits per heavy atom. The molecule has 1 unspecified atom stereocenters. The van der Waals surface area contributed by atoms with Gasteiger partial charge in [0.05, 0.1) is 6.10 Å².